The fourth-order valence-corrected chi connectivity index (χ4v) is 4.34. The molecule has 0 spiro atoms. The fourth-order valence-electron chi connectivity index (χ4n) is 4.34. The zero-order chi connectivity index (χ0) is 25.4. The number of halogens is 4. The summed E-state index contributed by atoms with van der Waals surface area (Å²) in [6.45, 7) is 2.89. The number of carbonyl (C=O) groups is 1. The Morgan fingerprint density at radius 3 is 2.53 bits per heavy atom. The van der Waals surface area contributed by atoms with E-state index in [9.17, 15) is 22.4 Å². The molecule has 0 aliphatic carbocycles. The highest BCUT2D eigenvalue weighted by Gasteiger charge is 2.34. The van der Waals surface area contributed by atoms with Crippen molar-refractivity contribution < 1.29 is 27.1 Å². The predicted octanol–water partition coefficient (Wildman–Crippen LogP) is 6.27. The topological polar surface area (TPSA) is 57.2 Å². The fraction of sp³-hybridized carbons (Fsp3) is 0.231. The Hall–Kier alpha value is -4.08. The molecule has 1 saturated heterocycles. The minimum atomic E-state index is -4.52. The van der Waals surface area contributed by atoms with Crippen LogP contribution < -0.4 is 10.1 Å². The van der Waals surface area contributed by atoms with E-state index in [2.05, 4.69) is 10.3 Å². The lowest BCUT2D eigenvalue weighted by atomic mass is 10.1. The number of ether oxygens (including phenoxy) is 1. The number of hydrogen-bond acceptors (Lipinski definition) is 4. The Kier molecular flexibility index (Phi) is 6.03. The summed E-state index contributed by atoms with van der Waals surface area (Å²) in [5, 5.41) is 2.60. The van der Waals surface area contributed by atoms with E-state index in [0.29, 0.717) is 36.8 Å². The van der Waals surface area contributed by atoms with Gasteiger partial charge in [0.15, 0.2) is 5.75 Å². The molecule has 0 saturated carbocycles. The SMILES string of the molecule is C[C@@H]1CN(C2=Nc3cc(C(F)(F)F)ccc3Oc3ccccc32)CCN1C(=O)Nc1ccccc1F. The average Bonchev–Trinajstić information content (AvgIpc) is 3.01. The van der Waals surface area contributed by atoms with Crippen molar-refractivity contribution in [2.75, 3.05) is 25.0 Å². The first-order chi connectivity index (χ1) is 17.2. The molecule has 2 aliphatic heterocycles. The van der Waals surface area contributed by atoms with Crippen molar-refractivity contribution in [2.24, 2.45) is 4.99 Å². The molecule has 10 heteroatoms. The first kappa shape index (κ1) is 23.7. The van der Waals surface area contributed by atoms with Gasteiger partial charge in [0.05, 0.1) is 16.8 Å². The highest BCUT2D eigenvalue weighted by molar-refractivity contribution is 6.04. The van der Waals surface area contributed by atoms with Crippen molar-refractivity contribution in [3.8, 4) is 11.5 Å². The van der Waals surface area contributed by atoms with E-state index in [4.69, 9.17) is 4.74 Å². The number of fused-ring (bicyclic) bond motifs is 2. The summed E-state index contributed by atoms with van der Waals surface area (Å²) < 4.78 is 60.0. The van der Waals surface area contributed by atoms with E-state index in [1.807, 2.05) is 11.8 Å². The van der Waals surface area contributed by atoms with Gasteiger partial charge in [0.25, 0.3) is 0 Å². The van der Waals surface area contributed by atoms with Crippen molar-refractivity contribution in [1.29, 1.82) is 0 Å². The minimum absolute atomic E-state index is 0.0726. The molecule has 0 bridgehead atoms. The van der Waals surface area contributed by atoms with Gasteiger partial charge in [-0.2, -0.15) is 13.2 Å². The number of carbonyl (C=O) groups excluding carboxylic acids is 1. The van der Waals surface area contributed by atoms with Gasteiger partial charge in [0.1, 0.15) is 23.1 Å². The molecule has 0 unspecified atom stereocenters. The maximum Gasteiger partial charge on any atom is 0.416 e. The number of alkyl halides is 3. The van der Waals surface area contributed by atoms with E-state index < -0.39 is 23.6 Å². The van der Waals surface area contributed by atoms with Gasteiger partial charge in [-0.3, -0.25) is 0 Å². The molecule has 0 radical (unpaired) electrons. The maximum atomic E-state index is 14.0. The third-order valence-electron chi connectivity index (χ3n) is 6.16. The molecular weight excluding hydrogens is 476 g/mol. The Labute approximate surface area is 204 Å². The quantitative estimate of drug-likeness (QED) is 0.403. The van der Waals surface area contributed by atoms with Crippen LogP contribution in [0.2, 0.25) is 0 Å². The number of amidine groups is 1. The molecule has 5 rings (SSSR count). The summed E-state index contributed by atoms with van der Waals surface area (Å²) in [7, 11) is 0. The van der Waals surface area contributed by atoms with Crippen LogP contribution in [0.3, 0.4) is 0 Å². The van der Waals surface area contributed by atoms with Gasteiger partial charge >= 0.3 is 12.2 Å². The van der Waals surface area contributed by atoms with Crippen LogP contribution in [-0.4, -0.2) is 47.3 Å². The number of benzene rings is 3. The Morgan fingerprint density at radius 1 is 1.03 bits per heavy atom. The minimum Gasteiger partial charge on any atom is -0.454 e. The van der Waals surface area contributed by atoms with Crippen LogP contribution in [0.1, 0.15) is 18.1 Å². The number of aliphatic imine (C=N–C) groups is 1. The van der Waals surface area contributed by atoms with Crippen molar-refractivity contribution in [1.82, 2.24) is 9.80 Å². The Bertz CT molecular complexity index is 1340. The van der Waals surface area contributed by atoms with Crippen molar-refractivity contribution in [3.05, 3.63) is 83.7 Å². The molecule has 1 fully saturated rings. The summed E-state index contributed by atoms with van der Waals surface area (Å²) in [5.74, 6) is 0.631. The van der Waals surface area contributed by atoms with Crippen LogP contribution >= 0.6 is 0 Å². The smallest absolute Gasteiger partial charge is 0.416 e. The number of amides is 2. The largest absolute Gasteiger partial charge is 0.454 e. The molecule has 1 N–H and O–H groups in total. The molecule has 3 aromatic carbocycles. The number of nitrogens with one attached hydrogen (secondary N) is 1. The lowest BCUT2D eigenvalue weighted by molar-refractivity contribution is -0.137. The number of hydrogen-bond donors (Lipinski definition) is 1. The maximum absolute atomic E-state index is 14.0. The molecule has 2 amide bonds. The lowest BCUT2D eigenvalue weighted by Gasteiger charge is -2.41. The molecule has 2 heterocycles. The van der Waals surface area contributed by atoms with E-state index in [1.54, 1.807) is 35.2 Å². The molecule has 6 nitrogen and oxygen atoms in total. The molecule has 186 valence electrons. The number of piperazine rings is 1. The van der Waals surface area contributed by atoms with Gasteiger partial charge in [0.2, 0.25) is 0 Å². The van der Waals surface area contributed by atoms with Crippen LogP contribution in [0, 0.1) is 5.82 Å². The number of anilines is 1. The van der Waals surface area contributed by atoms with Gasteiger partial charge in [-0.05, 0) is 49.4 Å². The number of rotatable bonds is 1. The van der Waals surface area contributed by atoms with Gasteiger partial charge in [-0.1, -0.05) is 24.3 Å². The first-order valence-electron chi connectivity index (χ1n) is 11.3. The molecule has 36 heavy (non-hydrogen) atoms. The Morgan fingerprint density at radius 2 is 1.78 bits per heavy atom. The second kappa shape index (κ2) is 9.18. The number of para-hydroxylation sites is 2. The molecule has 3 aromatic rings. The second-order valence-electron chi connectivity index (χ2n) is 8.61. The summed E-state index contributed by atoms with van der Waals surface area (Å²) in [6.07, 6.45) is -4.52. The van der Waals surface area contributed by atoms with Crippen molar-refractivity contribution >= 4 is 23.2 Å². The van der Waals surface area contributed by atoms with Crippen LogP contribution in [-0.2, 0) is 6.18 Å². The summed E-state index contributed by atoms with van der Waals surface area (Å²) in [4.78, 5) is 21.0. The molecule has 0 aromatic heterocycles. The van der Waals surface area contributed by atoms with E-state index in [0.717, 1.165) is 12.1 Å². The summed E-state index contributed by atoms with van der Waals surface area (Å²) in [6, 6.07) is 15.5. The summed E-state index contributed by atoms with van der Waals surface area (Å²) >= 11 is 0. The monoisotopic (exact) mass is 498 g/mol. The molecule has 2 aliphatic rings. The first-order valence-corrected chi connectivity index (χ1v) is 11.3. The number of urea groups is 1. The normalized spacial score (nSPS) is 17.4. The van der Waals surface area contributed by atoms with Crippen molar-refractivity contribution in [2.45, 2.75) is 19.1 Å². The highest BCUT2D eigenvalue weighted by atomic mass is 19.4. The van der Waals surface area contributed by atoms with Crippen LogP contribution in [0.15, 0.2) is 71.7 Å². The van der Waals surface area contributed by atoms with Crippen LogP contribution in [0.25, 0.3) is 0 Å². The van der Waals surface area contributed by atoms with Gasteiger partial charge in [-0.25, -0.2) is 14.2 Å². The van der Waals surface area contributed by atoms with Gasteiger partial charge < -0.3 is 19.9 Å². The lowest BCUT2D eigenvalue weighted by Crippen LogP contribution is -2.56. The highest BCUT2D eigenvalue weighted by Crippen LogP contribution is 2.41. The number of nitrogens with zero attached hydrogens (tertiary/aromatic N) is 3. The van der Waals surface area contributed by atoms with Gasteiger partial charge in [-0.15, -0.1) is 0 Å². The third-order valence-corrected chi connectivity index (χ3v) is 6.16. The molecule has 1 atom stereocenters. The van der Waals surface area contributed by atoms with Crippen LogP contribution in [0.5, 0.6) is 11.5 Å². The predicted molar refractivity (Wildman–Crippen MR) is 127 cm³/mol. The van der Waals surface area contributed by atoms with Crippen molar-refractivity contribution in [3.63, 3.8) is 0 Å². The van der Waals surface area contributed by atoms with Gasteiger partial charge in [0, 0.05) is 25.7 Å². The van der Waals surface area contributed by atoms with Crippen LogP contribution in [0.4, 0.5) is 33.7 Å². The summed E-state index contributed by atoms with van der Waals surface area (Å²) in [5.41, 5.74) is -0.0162. The third kappa shape index (κ3) is 4.58. The zero-order valence-electron chi connectivity index (χ0n) is 19.2. The molecular formula is C26H22F4N4O2. The van der Waals surface area contributed by atoms with E-state index >= 15 is 0 Å². The van der Waals surface area contributed by atoms with E-state index in [-0.39, 0.29) is 23.2 Å². The van der Waals surface area contributed by atoms with E-state index in [1.165, 1.54) is 24.3 Å². The standard InChI is InChI=1S/C26H22F4N4O2/c1-16-15-33(12-13-34(16)25(35)32-20-8-4-3-7-19(20)27)24-18-6-2-5-9-22(18)36-23-11-10-17(26(28,29)30)14-21(23)31-24/h2-11,14,16H,12-13,15H2,1H3,(H,32,35)/t16-/m1/s1. The Balaban J connectivity index is 1.43. The zero-order valence-corrected chi connectivity index (χ0v) is 19.2. The second-order valence-corrected chi connectivity index (χ2v) is 8.61. The average molecular weight is 498 g/mol.